The van der Waals surface area contributed by atoms with Gasteiger partial charge < -0.3 is 15.5 Å². The predicted octanol–water partition coefficient (Wildman–Crippen LogP) is 2.09. The van der Waals surface area contributed by atoms with Gasteiger partial charge in [-0.1, -0.05) is 13.8 Å². The highest BCUT2D eigenvalue weighted by Crippen LogP contribution is 2.21. The van der Waals surface area contributed by atoms with Gasteiger partial charge in [0.05, 0.1) is 11.7 Å². The summed E-state index contributed by atoms with van der Waals surface area (Å²) < 4.78 is 27.0. The Labute approximate surface area is 103 Å². The SMILES string of the molecule is CC(C)C(O)CNc1c(F)cc(C(=O)O)cc1F. The van der Waals surface area contributed by atoms with Crippen LogP contribution in [0.5, 0.6) is 0 Å². The lowest BCUT2D eigenvalue weighted by Crippen LogP contribution is -2.25. The van der Waals surface area contributed by atoms with E-state index in [1.807, 2.05) is 0 Å². The van der Waals surface area contributed by atoms with Gasteiger partial charge in [0.1, 0.15) is 17.3 Å². The van der Waals surface area contributed by atoms with Gasteiger partial charge in [0.2, 0.25) is 0 Å². The molecule has 0 aliphatic heterocycles. The first-order chi connectivity index (χ1) is 8.32. The van der Waals surface area contributed by atoms with E-state index in [9.17, 15) is 18.7 Å². The Morgan fingerprint density at radius 1 is 1.33 bits per heavy atom. The molecule has 0 spiro atoms. The molecule has 0 heterocycles. The van der Waals surface area contributed by atoms with Crippen LogP contribution < -0.4 is 5.32 Å². The van der Waals surface area contributed by atoms with Gasteiger partial charge in [0.25, 0.3) is 0 Å². The molecule has 0 aliphatic carbocycles. The number of benzene rings is 1. The Kier molecular flexibility index (Phi) is 4.61. The molecule has 100 valence electrons. The van der Waals surface area contributed by atoms with Crippen molar-refractivity contribution in [2.75, 3.05) is 11.9 Å². The number of hydrogen-bond acceptors (Lipinski definition) is 3. The molecule has 3 N–H and O–H groups in total. The third kappa shape index (κ3) is 3.40. The van der Waals surface area contributed by atoms with E-state index >= 15 is 0 Å². The van der Waals surface area contributed by atoms with Gasteiger partial charge in [-0.2, -0.15) is 0 Å². The first-order valence-electron chi connectivity index (χ1n) is 5.47. The Morgan fingerprint density at radius 2 is 1.83 bits per heavy atom. The molecule has 0 radical (unpaired) electrons. The molecule has 0 saturated heterocycles. The zero-order valence-corrected chi connectivity index (χ0v) is 10.1. The minimum Gasteiger partial charge on any atom is -0.478 e. The second-order valence-corrected chi connectivity index (χ2v) is 4.31. The molecule has 6 heteroatoms. The predicted molar refractivity (Wildman–Crippen MR) is 62.7 cm³/mol. The highest BCUT2D eigenvalue weighted by atomic mass is 19.1. The molecule has 0 saturated carbocycles. The van der Waals surface area contributed by atoms with Crippen LogP contribution in [0.15, 0.2) is 12.1 Å². The van der Waals surface area contributed by atoms with Crippen LogP contribution in [0.4, 0.5) is 14.5 Å². The number of carboxylic acid groups (broad SMARTS) is 1. The summed E-state index contributed by atoms with van der Waals surface area (Å²) in [7, 11) is 0. The molecule has 1 aromatic carbocycles. The van der Waals surface area contributed by atoms with E-state index in [4.69, 9.17) is 5.11 Å². The lowest BCUT2D eigenvalue weighted by Gasteiger charge is -2.16. The fourth-order valence-electron chi connectivity index (χ4n) is 1.31. The van der Waals surface area contributed by atoms with Crippen LogP contribution in [0.2, 0.25) is 0 Å². The summed E-state index contributed by atoms with van der Waals surface area (Å²) in [6, 6.07) is 1.46. The number of carbonyl (C=O) groups is 1. The van der Waals surface area contributed by atoms with Crippen molar-refractivity contribution >= 4 is 11.7 Å². The number of carboxylic acids is 1. The molecule has 0 amide bonds. The lowest BCUT2D eigenvalue weighted by atomic mass is 10.1. The maximum absolute atomic E-state index is 13.5. The largest absolute Gasteiger partial charge is 0.478 e. The summed E-state index contributed by atoms with van der Waals surface area (Å²) in [6.07, 6.45) is -0.747. The van der Waals surface area contributed by atoms with Crippen LogP contribution in [0.25, 0.3) is 0 Å². The lowest BCUT2D eigenvalue weighted by molar-refractivity contribution is 0.0695. The van der Waals surface area contributed by atoms with Crippen molar-refractivity contribution in [3.63, 3.8) is 0 Å². The standard InChI is InChI=1S/C12H15F2NO3/c1-6(2)10(16)5-15-11-8(13)3-7(12(17)18)4-9(11)14/h3-4,6,10,15-16H,5H2,1-2H3,(H,17,18). The number of halogens is 2. The van der Waals surface area contributed by atoms with Crippen molar-refractivity contribution in [3.8, 4) is 0 Å². The third-order valence-corrected chi connectivity index (χ3v) is 2.55. The number of hydrogen-bond donors (Lipinski definition) is 3. The quantitative estimate of drug-likeness (QED) is 0.757. The first kappa shape index (κ1) is 14.4. The van der Waals surface area contributed by atoms with Crippen LogP contribution in [0.1, 0.15) is 24.2 Å². The molecule has 4 nitrogen and oxygen atoms in total. The maximum Gasteiger partial charge on any atom is 0.335 e. The normalized spacial score (nSPS) is 12.6. The van der Waals surface area contributed by atoms with Crippen LogP contribution in [-0.2, 0) is 0 Å². The number of aliphatic hydroxyl groups excluding tert-OH is 1. The number of anilines is 1. The summed E-state index contributed by atoms with van der Waals surface area (Å²) in [5, 5.41) is 20.6. The molecule has 1 atom stereocenters. The minimum atomic E-state index is -1.40. The monoisotopic (exact) mass is 259 g/mol. The molecule has 1 aromatic rings. The summed E-state index contributed by atoms with van der Waals surface area (Å²) in [6.45, 7) is 3.52. The van der Waals surface area contributed by atoms with E-state index in [2.05, 4.69) is 5.32 Å². The minimum absolute atomic E-state index is 0.0159. The van der Waals surface area contributed by atoms with Gasteiger partial charge in [-0.25, -0.2) is 13.6 Å². The topological polar surface area (TPSA) is 69.6 Å². The van der Waals surface area contributed by atoms with Crippen LogP contribution >= 0.6 is 0 Å². The zero-order valence-electron chi connectivity index (χ0n) is 10.1. The van der Waals surface area contributed by atoms with Crippen LogP contribution in [0.3, 0.4) is 0 Å². The molecular weight excluding hydrogens is 244 g/mol. The van der Waals surface area contributed by atoms with Gasteiger partial charge in [-0.05, 0) is 18.1 Å². The van der Waals surface area contributed by atoms with Gasteiger partial charge in [0, 0.05) is 6.54 Å². The Balaban J connectivity index is 2.87. The van der Waals surface area contributed by atoms with Crippen molar-refractivity contribution in [3.05, 3.63) is 29.3 Å². The zero-order chi connectivity index (χ0) is 13.9. The number of nitrogens with one attached hydrogen (secondary N) is 1. The van der Waals surface area contributed by atoms with Crippen molar-refractivity contribution < 1.29 is 23.8 Å². The van der Waals surface area contributed by atoms with E-state index in [0.717, 1.165) is 12.1 Å². The summed E-state index contributed by atoms with van der Waals surface area (Å²) in [4.78, 5) is 10.6. The average Bonchev–Trinajstić information content (AvgIpc) is 2.26. The first-order valence-corrected chi connectivity index (χ1v) is 5.47. The van der Waals surface area contributed by atoms with Gasteiger partial charge in [-0.15, -0.1) is 0 Å². The highest BCUT2D eigenvalue weighted by Gasteiger charge is 2.16. The fourth-order valence-corrected chi connectivity index (χ4v) is 1.31. The molecule has 0 aromatic heterocycles. The van der Waals surface area contributed by atoms with E-state index < -0.39 is 35.0 Å². The van der Waals surface area contributed by atoms with E-state index in [-0.39, 0.29) is 12.5 Å². The molecular formula is C12H15F2NO3. The molecule has 0 fully saturated rings. The smallest absolute Gasteiger partial charge is 0.335 e. The van der Waals surface area contributed by atoms with Crippen molar-refractivity contribution in [1.29, 1.82) is 0 Å². The Hall–Kier alpha value is -1.69. The number of rotatable bonds is 5. The van der Waals surface area contributed by atoms with Gasteiger partial charge in [0.15, 0.2) is 0 Å². The van der Waals surface area contributed by atoms with Crippen molar-refractivity contribution in [2.45, 2.75) is 20.0 Å². The van der Waals surface area contributed by atoms with Crippen molar-refractivity contribution in [1.82, 2.24) is 0 Å². The fraction of sp³-hybridized carbons (Fsp3) is 0.417. The molecule has 1 unspecified atom stereocenters. The molecule has 1 rings (SSSR count). The molecule has 0 bridgehead atoms. The average molecular weight is 259 g/mol. The van der Waals surface area contributed by atoms with Crippen LogP contribution in [0, 0.1) is 17.6 Å². The summed E-state index contributed by atoms with van der Waals surface area (Å²) >= 11 is 0. The summed E-state index contributed by atoms with van der Waals surface area (Å²) in [5.41, 5.74) is -0.889. The highest BCUT2D eigenvalue weighted by molar-refractivity contribution is 5.88. The second-order valence-electron chi connectivity index (χ2n) is 4.31. The Bertz CT molecular complexity index is 426. The van der Waals surface area contributed by atoms with E-state index in [0.29, 0.717) is 0 Å². The van der Waals surface area contributed by atoms with Gasteiger partial charge >= 0.3 is 5.97 Å². The number of aromatic carboxylic acids is 1. The maximum atomic E-state index is 13.5. The van der Waals surface area contributed by atoms with E-state index in [1.165, 1.54) is 0 Å². The molecule has 0 aliphatic rings. The number of aliphatic hydroxyl groups is 1. The van der Waals surface area contributed by atoms with Crippen molar-refractivity contribution in [2.24, 2.45) is 5.92 Å². The van der Waals surface area contributed by atoms with E-state index in [1.54, 1.807) is 13.8 Å². The van der Waals surface area contributed by atoms with Crippen LogP contribution in [-0.4, -0.2) is 28.8 Å². The third-order valence-electron chi connectivity index (χ3n) is 2.55. The second kappa shape index (κ2) is 5.77. The molecule has 18 heavy (non-hydrogen) atoms. The summed E-state index contributed by atoms with van der Waals surface area (Å²) in [5.74, 6) is -3.45. The Morgan fingerprint density at radius 3 is 2.22 bits per heavy atom. The van der Waals surface area contributed by atoms with Gasteiger partial charge in [-0.3, -0.25) is 0 Å².